The molecule has 0 saturated carbocycles. The van der Waals surface area contributed by atoms with Gasteiger partial charge in [-0.05, 0) is 48.1 Å². The number of hydrogen-bond donors (Lipinski definition) is 1. The summed E-state index contributed by atoms with van der Waals surface area (Å²) in [7, 11) is 0. The number of carbonyl (C=O) groups excluding carboxylic acids is 1. The molecule has 3 aromatic rings. The minimum atomic E-state index is -0.00415. The molecule has 1 aromatic heterocycles. The summed E-state index contributed by atoms with van der Waals surface area (Å²) in [6.07, 6.45) is 0.815. The molecule has 1 amide bonds. The van der Waals surface area contributed by atoms with E-state index in [4.69, 9.17) is 4.74 Å². The molecule has 1 aliphatic rings. The van der Waals surface area contributed by atoms with Gasteiger partial charge in [-0.1, -0.05) is 62.0 Å². The molecule has 1 aliphatic heterocycles. The van der Waals surface area contributed by atoms with Crippen LogP contribution in [0.4, 0.5) is 5.95 Å². The van der Waals surface area contributed by atoms with Crippen LogP contribution in [-0.4, -0.2) is 59.3 Å². The maximum atomic E-state index is 12.5. The Morgan fingerprint density at radius 3 is 2.59 bits per heavy atom. The zero-order chi connectivity index (χ0) is 23.9. The average Bonchev–Trinajstić information content (AvgIpc) is 3.28. The number of aromatic nitrogens is 3. The van der Waals surface area contributed by atoms with Gasteiger partial charge in [0.05, 0.1) is 24.7 Å². The number of nitrogens with one attached hydrogen (secondary N) is 1. The molecule has 1 saturated heterocycles. The number of morpholine rings is 1. The predicted octanol–water partition coefficient (Wildman–Crippen LogP) is 3.99. The van der Waals surface area contributed by atoms with Crippen molar-refractivity contribution in [1.29, 1.82) is 0 Å². The highest BCUT2D eigenvalue weighted by Gasteiger charge is 2.22. The van der Waals surface area contributed by atoms with Gasteiger partial charge in [0.25, 0.3) is 0 Å². The van der Waals surface area contributed by atoms with Gasteiger partial charge in [-0.3, -0.25) is 9.36 Å². The second kappa shape index (κ2) is 11.5. The second-order valence-electron chi connectivity index (χ2n) is 8.84. The molecule has 1 fully saturated rings. The first-order valence-electron chi connectivity index (χ1n) is 11.8. The van der Waals surface area contributed by atoms with E-state index in [0.717, 1.165) is 36.7 Å². The van der Waals surface area contributed by atoms with Gasteiger partial charge in [-0.25, -0.2) is 0 Å². The van der Waals surface area contributed by atoms with E-state index in [-0.39, 0.29) is 5.91 Å². The fourth-order valence-corrected chi connectivity index (χ4v) is 4.69. The molecular weight excluding hydrogens is 446 g/mol. The number of ether oxygens (including phenoxy) is 1. The topological polar surface area (TPSA) is 72.3 Å². The van der Waals surface area contributed by atoms with Crippen LogP contribution in [0, 0.1) is 6.92 Å². The van der Waals surface area contributed by atoms with Crippen LogP contribution in [0.5, 0.6) is 0 Å². The average molecular weight is 480 g/mol. The van der Waals surface area contributed by atoms with E-state index in [9.17, 15) is 4.79 Å². The number of thioether (sulfide) groups is 1. The van der Waals surface area contributed by atoms with Crippen LogP contribution in [0.15, 0.2) is 53.7 Å². The summed E-state index contributed by atoms with van der Waals surface area (Å²) in [5, 5.41) is 12.7. The number of nitrogens with zero attached hydrogens (tertiary/aromatic N) is 4. The lowest BCUT2D eigenvalue weighted by atomic mass is 10.0. The maximum absolute atomic E-state index is 12.5. The van der Waals surface area contributed by atoms with Gasteiger partial charge in [0.2, 0.25) is 11.9 Å². The number of amides is 1. The molecule has 0 spiro atoms. The summed E-state index contributed by atoms with van der Waals surface area (Å²) in [5.41, 5.74) is 4.72. The van der Waals surface area contributed by atoms with Gasteiger partial charge in [-0.2, -0.15) is 0 Å². The summed E-state index contributed by atoms with van der Waals surface area (Å²) in [4.78, 5) is 14.7. The number of anilines is 1. The summed E-state index contributed by atoms with van der Waals surface area (Å²) >= 11 is 1.41. The predicted molar refractivity (Wildman–Crippen MR) is 137 cm³/mol. The highest BCUT2D eigenvalue weighted by molar-refractivity contribution is 7.99. The molecule has 7 nitrogen and oxygen atoms in total. The van der Waals surface area contributed by atoms with Crippen molar-refractivity contribution >= 4 is 23.6 Å². The fourth-order valence-electron chi connectivity index (χ4n) is 3.91. The molecule has 2 aromatic carbocycles. The molecule has 1 N–H and O–H groups in total. The van der Waals surface area contributed by atoms with E-state index < -0.39 is 0 Å². The fraction of sp³-hybridized carbons (Fsp3) is 0.423. The van der Waals surface area contributed by atoms with E-state index in [1.54, 1.807) is 0 Å². The SMILES string of the molecule is Cc1cccc(-n2c(SCC(=O)NCCc3ccc(C(C)C)cc3)nnc2N2CCOCC2)c1. The van der Waals surface area contributed by atoms with E-state index in [0.29, 0.717) is 36.6 Å². The van der Waals surface area contributed by atoms with Gasteiger partial charge in [0, 0.05) is 19.6 Å². The van der Waals surface area contributed by atoms with E-state index in [2.05, 4.69) is 83.6 Å². The van der Waals surface area contributed by atoms with Gasteiger partial charge in [-0.15, -0.1) is 10.2 Å². The Hall–Kier alpha value is -2.84. The summed E-state index contributed by atoms with van der Waals surface area (Å²) in [5.74, 6) is 1.60. The zero-order valence-electron chi connectivity index (χ0n) is 20.2. The van der Waals surface area contributed by atoms with Crippen molar-refractivity contribution in [2.45, 2.75) is 38.3 Å². The third kappa shape index (κ3) is 6.18. The third-order valence-corrected chi connectivity index (χ3v) is 6.81. The van der Waals surface area contributed by atoms with Crippen LogP contribution < -0.4 is 10.2 Å². The van der Waals surface area contributed by atoms with E-state index in [1.807, 2.05) is 10.6 Å². The normalized spacial score (nSPS) is 13.9. The molecule has 0 bridgehead atoms. The minimum Gasteiger partial charge on any atom is -0.378 e. The Morgan fingerprint density at radius 2 is 1.88 bits per heavy atom. The maximum Gasteiger partial charge on any atom is 0.232 e. The molecule has 0 radical (unpaired) electrons. The lowest BCUT2D eigenvalue weighted by Crippen LogP contribution is -2.37. The van der Waals surface area contributed by atoms with Crippen molar-refractivity contribution in [2.24, 2.45) is 0 Å². The van der Waals surface area contributed by atoms with Crippen molar-refractivity contribution in [3.8, 4) is 5.69 Å². The van der Waals surface area contributed by atoms with E-state index in [1.165, 1.54) is 22.9 Å². The third-order valence-electron chi connectivity index (χ3n) is 5.88. The standard InChI is InChI=1S/C26H33N5O2S/c1-19(2)22-9-7-21(8-10-22)11-12-27-24(32)18-34-26-29-28-25(30-13-15-33-16-14-30)31(26)23-6-4-5-20(3)17-23/h4-10,17,19H,11-16,18H2,1-3H3,(H,27,32). The van der Waals surface area contributed by atoms with Gasteiger partial charge < -0.3 is 15.0 Å². The first kappa shape index (κ1) is 24.3. The molecule has 8 heteroatoms. The number of benzene rings is 2. The lowest BCUT2D eigenvalue weighted by Gasteiger charge is -2.28. The number of rotatable bonds is 9. The van der Waals surface area contributed by atoms with Gasteiger partial charge in [0.15, 0.2) is 5.16 Å². The van der Waals surface area contributed by atoms with Crippen molar-refractivity contribution in [2.75, 3.05) is 43.5 Å². The van der Waals surface area contributed by atoms with Crippen LogP contribution in [0.2, 0.25) is 0 Å². The van der Waals surface area contributed by atoms with Crippen molar-refractivity contribution in [1.82, 2.24) is 20.1 Å². The largest absolute Gasteiger partial charge is 0.378 e. The Kier molecular flexibility index (Phi) is 8.24. The molecule has 180 valence electrons. The van der Waals surface area contributed by atoms with Crippen molar-refractivity contribution in [3.05, 3.63) is 65.2 Å². The Balaban J connectivity index is 1.38. The number of aryl methyl sites for hydroxylation is 1. The Morgan fingerprint density at radius 1 is 1.12 bits per heavy atom. The van der Waals surface area contributed by atoms with Crippen LogP contribution in [0.3, 0.4) is 0 Å². The molecule has 4 rings (SSSR count). The lowest BCUT2D eigenvalue weighted by molar-refractivity contribution is -0.118. The molecular formula is C26H33N5O2S. The number of hydrogen-bond acceptors (Lipinski definition) is 6. The monoisotopic (exact) mass is 479 g/mol. The van der Waals surface area contributed by atoms with Crippen LogP contribution in [-0.2, 0) is 16.0 Å². The Labute approximate surface area is 205 Å². The smallest absolute Gasteiger partial charge is 0.232 e. The summed E-state index contributed by atoms with van der Waals surface area (Å²) < 4.78 is 7.55. The highest BCUT2D eigenvalue weighted by atomic mass is 32.2. The Bertz CT molecular complexity index is 1090. The van der Waals surface area contributed by atoms with Crippen LogP contribution in [0.1, 0.15) is 36.5 Å². The van der Waals surface area contributed by atoms with Crippen LogP contribution >= 0.6 is 11.8 Å². The van der Waals surface area contributed by atoms with E-state index >= 15 is 0 Å². The minimum absolute atomic E-state index is 0.00415. The van der Waals surface area contributed by atoms with Gasteiger partial charge >= 0.3 is 0 Å². The highest BCUT2D eigenvalue weighted by Crippen LogP contribution is 2.27. The molecule has 34 heavy (non-hydrogen) atoms. The summed E-state index contributed by atoms with van der Waals surface area (Å²) in [6.45, 7) is 9.95. The van der Waals surface area contributed by atoms with Crippen molar-refractivity contribution in [3.63, 3.8) is 0 Å². The molecule has 0 atom stereocenters. The van der Waals surface area contributed by atoms with Gasteiger partial charge in [0.1, 0.15) is 0 Å². The quantitative estimate of drug-likeness (QED) is 0.468. The molecule has 0 unspecified atom stereocenters. The second-order valence-corrected chi connectivity index (χ2v) is 9.78. The van der Waals surface area contributed by atoms with Crippen molar-refractivity contribution < 1.29 is 9.53 Å². The van der Waals surface area contributed by atoms with Crippen LogP contribution in [0.25, 0.3) is 5.69 Å². The first-order valence-corrected chi connectivity index (χ1v) is 12.8. The summed E-state index contributed by atoms with van der Waals surface area (Å²) in [6, 6.07) is 16.9. The first-order chi connectivity index (χ1) is 16.5. The molecule has 2 heterocycles. The zero-order valence-corrected chi connectivity index (χ0v) is 21.0. The molecule has 0 aliphatic carbocycles. The number of carbonyl (C=O) groups is 1.